The number of hydrogen-bond donors (Lipinski definition) is 5. The van der Waals surface area contributed by atoms with Gasteiger partial charge in [-0.25, -0.2) is 0 Å². The molecule has 1 heterocycles. The fourth-order valence-corrected chi connectivity index (χ4v) is 6.59. The first-order valence-electron chi connectivity index (χ1n) is 11.5. The van der Waals surface area contributed by atoms with E-state index in [9.17, 15) is 44.0 Å². The summed E-state index contributed by atoms with van der Waals surface area (Å²) < 4.78 is 103. The molecular formula is C23H14Cl2N6O10S3. The third-order valence-electron chi connectivity index (χ3n) is 5.90. The third-order valence-corrected chi connectivity index (χ3v) is 8.88. The molecule has 0 atom stereocenters. The quantitative estimate of drug-likeness (QED) is 0.109. The summed E-state index contributed by atoms with van der Waals surface area (Å²) in [6.45, 7) is 0. The Morgan fingerprint density at radius 2 is 1.39 bits per heavy atom. The Balaban J connectivity index is 1.82. The number of phenolic OH excluding ortho intramolecular Hbond substituents is 1. The largest absolute Gasteiger partial charge is 0.505 e. The molecule has 0 saturated heterocycles. The number of anilines is 2. The summed E-state index contributed by atoms with van der Waals surface area (Å²) in [4.78, 5) is 8.53. The maximum absolute atomic E-state index is 12.4. The van der Waals surface area contributed by atoms with Crippen LogP contribution in [-0.2, 0) is 30.4 Å². The van der Waals surface area contributed by atoms with Gasteiger partial charge in [0.2, 0.25) is 16.5 Å². The van der Waals surface area contributed by atoms with E-state index in [1.807, 2.05) is 0 Å². The Labute approximate surface area is 257 Å². The lowest BCUT2D eigenvalue weighted by Gasteiger charge is -2.15. The molecule has 16 nitrogen and oxygen atoms in total. The minimum atomic E-state index is -5.24. The molecule has 1 aromatic heterocycles. The van der Waals surface area contributed by atoms with Gasteiger partial charge < -0.3 is 10.4 Å². The molecule has 0 unspecified atom stereocenters. The van der Waals surface area contributed by atoms with Crippen molar-refractivity contribution in [1.29, 1.82) is 0 Å². The van der Waals surface area contributed by atoms with Crippen molar-refractivity contribution < 1.29 is 44.0 Å². The SMILES string of the molecule is O=S(=O)(O)c1cc(Nc2nc(Cl)nc(Cl)n2)c2c(O)c(N=Nc3ccc4ccccc4c3S(=O)(=O)O)c(S(=O)(=O)O)cc2c1. The number of nitrogens with zero attached hydrogens (tertiary/aromatic N) is 5. The second-order valence-electron chi connectivity index (χ2n) is 8.72. The molecule has 5 aromatic rings. The number of aromatic nitrogens is 3. The smallest absolute Gasteiger partial charge is 0.297 e. The first-order valence-corrected chi connectivity index (χ1v) is 16.5. The van der Waals surface area contributed by atoms with Crippen LogP contribution in [0.4, 0.5) is 23.0 Å². The number of phenols is 1. The van der Waals surface area contributed by atoms with E-state index in [2.05, 4.69) is 30.5 Å². The molecule has 0 saturated carbocycles. The van der Waals surface area contributed by atoms with E-state index in [1.54, 1.807) is 12.1 Å². The van der Waals surface area contributed by atoms with Crippen molar-refractivity contribution in [2.24, 2.45) is 10.2 Å². The molecule has 44 heavy (non-hydrogen) atoms. The highest BCUT2D eigenvalue weighted by Gasteiger charge is 2.26. The van der Waals surface area contributed by atoms with Gasteiger partial charge in [0.15, 0.2) is 5.75 Å². The van der Waals surface area contributed by atoms with Crippen LogP contribution < -0.4 is 5.32 Å². The van der Waals surface area contributed by atoms with Crippen LogP contribution >= 0.6 is 23.2 Å². The molecule has 0 radical (unpaired) electrons. The van der Waals surface area contributed by atoms with Crippen LogP contribution in [0.2, 0.25) is 10.6 Å². The van der Waals surface area contributed by atoms with Crippen molar-refractivity contribution in [3.8, 4) is 5.75 Å². The maximum Gasteiger partial charge on any atom is 0.297 e. The van der Waals surface area contributed by atoms with E-state index in [1.165, 1.54) is 18.2 Å². The molecule has 228 valence electrons. The predicted molar refractivity (Wildman–Crippen MR) is 156 cm³/mol. The zero-order valence-electron chi connectivity index (χ0n) is 21.2. The minimum absolute atomic E-state index is 0.0445. The third kappa shape index (κ3) is 6.25. The van der Waals surface area contributed by atoms with Gasteiger partial charge in [0.1, 0.15) is 21.2 Å². The lowest BCUT2D eigenvalue weighted by molar-refractivity contribution is 0.472. The Morgan fingerprint density at radius 3 is 2.00 bits per heavy atom. The first kappa shape index (κ1) is 31.3. The van der Waals surface area contributed by atoms with Gasteiger partial charge in [-0.3, -0.25) is 13.7 Å². The zero-order chi connectivity index (χ0) is 32.2. The molecule has 0 amide bonds. The highest BCUT2D eigenvalue weighted by atomic mass is 35.5. The van der Waals surface area contributed by atoms with E-state index in [0.717, 1.165) is 18.2 Å². The van der Waals surface area contributed by atoms with Crippen LogP contribution in [0.15, 0.2) is 79.5 Å². The maximum atomic E-state index is 12.4. The fourth-order valence-electron chi connectivity index (χ4n) is 4.19. The number of aromatic hydroxyl groups is 1. The number of halogens is 2. The van der Waals surface area contributed by atoms with Gasteiger partial charge in [-0.2, -0.15) is 40.2 Å². The van der Waals surface area contributed by atoms with Gasteiger partial charge in [0.25, 0.3) is 30.4 Å². The highest BCUT2D eigenvalue weighted by Crippen LogP contribution is 2.46. The number of fused-ring (bicyclic) bond motifs is 2. The number of hydrogen-bond acceptors (Lipinski definition) is 13. The van der Waals surface area contributed by atoms with E-state index >= 15 is 0 Å². The summed E-state index contributed by atoms with van der Waals surface area (Å²) in [6, 6.07) is 10.9. The summed E-state index contributed by atoms with van der Waals surface area (Å²) in [6.07, 6.45) is 0. The van der Waals surface area contributed by atoms with Gasteiger partial charge in [-0.15, -0.1) is 10.2 Å². The molecule has 21 heteroatoms. The second-order valence-corrected chi connectivity index (χ2v) is 13.6. The summed E-state index contributed by atoms with van der Waals surface area (Å²) in [5, 5.41) is 20.2. The summed E-state index contributed by atoms with van der Waals surface area (Å²) in [7, 11) is -15.1. The van der Waals surface area contributed by atoms with Crippen LogP contribution in [0.5, 0.6) is 5.75 Å². The Kier molecular flexibility index (Phi) is 7.93. The molecule has 0 aliphatic rings. The number of rotatable bonds is 7. The van der Waals surface area contributed by atoms with Crippen LogP contribution in [0.1, 0.15) is 0 Å². The molecule has 4 aromatic carbocycles. The Hall–Kier alpha value is -4.08. The van der Waals surface area contributed by atoms with Crippen LogP contribution in [-0.4, -0.2) is 59.0 Å². The molecule has 5 N–H and O–H groups in total. The topological polar surface area (TPSA) is 259 Å². The zero-order valence-corrected chi connectivity index (χ0v) is 25.1. The lowest BCUT2D eigenvalue weighted by atomic mass is 10.1. The van der Waals surface area contributed by atoms with Crippen molar-refractivity contribution in [3.05, 3.63) is 65.2 Å². The molecule has 5 rings (SSSR count). The fraction of sp³-hybridized carbons (Fsp3) is 0. The average Bonchev–Trinajstić information content (AvgIpc) is 2.89. The van der Waals surface area contributed by atoms with Crippen LogP contribution in [0.25, 0.3) is 21.5 Å². The summed E-state index contributed by atoms with van der Waals surface area (Å²) >= 11 is 11.6. The Bertz CT molecular complexity index is 2370. The van der Waals surface area contributed by atoms with E-state index in [0.29, 0.717) is 11.5 Å². The van der Waals surface area contributed by atoms with Gasteiger partial charge >= 0.3 is 0 Å². The number of nitrogens with one attached hydrogen (secondary N) is 1. The summed E-state index contributed by atoms with van der Waals surface area (Å²) in [5.74, 6) is -1.40. The molecular weight excluding hydrogens is 687 g/mol. The highest BCUT2D eigenvalue weighted by molar-refractivity contribution is 7.86. The monoisotopic (exact) mass is 700 g/mol. The van der Waals surface area contributed by atoms with E-state index in [-0.39, 0.29) is 38.4 Å². The normalized spacial score (nSPS) is 12.8. The van der Waals surface area contributed by atoms with Crippen molar-refractivity contribution >= 4 is 98.1 Å². The van der Waals surface area contributed by atoms with E-state index in [4.69, 9.17) is 23.2 Å². The van der Waals surface area contributed by atoms with Crippen LogP contribution in [0, 0.1) is 0 Å². The van der Waals surface area contributed by atoms with Gasteiger partial charge in [0.05, 0.1) is 10.6 Å². The standard InChI is InChI=1S/C23H14Cl2N6O10S3/c24-21-27-22(25)29-23(28-21)26-15-9-12(42(33,34)35)7-11-8-16(43(36,37)38)18(19(32)17(11)15)31-30-14-6-5-10-3-1-2-4-13(10)20(14)44(39,40)41/h1-9,32H,(H,33,34,35)(H,36,37,38)(H,39,40,41)(H,26,27,28,29). The number of benzene rings is 4. The minimum Gasteiger partial charge on any atom is -0.505 e. The molecule has 0 fully saturated rings. The number of azo groups is 1. The van der Waals surface area contributed by atoms with Crippen LogP contribution in [0.3, 0.4) is 0 Å². The lowest BCUT2D eigenvalue weighted by Crippen LogP contribution is -2.05. The van der Waals surface area contributed by atoms with Crippen molar-refractivity contribution in [2.45, 2.75) is 14.7 Å². The summed E-state index contributed by atoms with van der Waals surface area (Å²) in [5.41, 5.74) is -1.76. The van der Waals surface area contributed by atoms with Gasteiger partial charge in [-0.1, -0.05) is 30.3 Å². The molecule has 0 aliphatic heterocycles. The first-order chi connectivity index (χ1) is 20.4. The second kappa shape index (κ2) is 11.1. The predicted octanol–water partition coefficient (Wildman–Crippen LogP) is 5.09. The van der Waals surface area contributed by atoms with Crippen molar-refractivity contribution in [2.75, 3.05) is 5.32 Å². The van der Waals surface area contributed by atoms with Gasteiger partial charge in [0, 0.05) is 10.8 Å². The average molecular weight is 702 g/mol. The molecule has 0 aliphatic carbocycles. The van der Waals surface area contributed by atoms with Crippen molar-refractivity contribution in [1.82, 2.24) is 15.0 Å². The van der Waals surface area contributed by atoms with Crippen molar-refractivity contribution in [3.63, 3.8) is 0 Å². The molecule has 0 spiro atoms. The molecule has 0 bridgehead atoms. The Morgan fingerprint density at radius 1 is 0.727 bits per heavy atom. The van der Waals surface area contributed by atoms with E-state index < -0.39 is 62.2 Å². The van der Waals surface area contributed by atoms with Gasteiger partial charge in [-0.05, 0) is 58.2 Å².